The van der Waals surface area contributed by atoms with E-state index in [2.05, 4.69) is 27.0 Å². The van der Waals surface area contributed by atoms with Gasteiger partial charge in [0.1, 0.15) is 30.5 Å². The van der Waals surface area contributed by atoms with Crippen LogP contribution in [0.2, 0.25) is 0 Å². The molecule has 0 aliphatic carbocycles. The molecule has 0 saturated carbocycles. The summed E-state index contributed by atoms with van der Waals surface area (Å²) in [7, 11) is 3.88. The molecule has 1 aromatic carbocycles. The number of aromatic nitrogens is 3. The van der Waals surface area contributed by atoms with Gasteiger partial charge in [0, 0.05) is 19.0 Å². The second kappa shape index (κ2) is 11.8. The predicted molar refractivity (Wildman–Crippen MR) is 128 cm³/mol. The molecule has 0 fully saturated rings. The summed E-state index contributed by atoms with van der Waals surface area (Å²) in [6.45, 7) is 4.09. The van der Waals surface area contributed by atoms with Gasteiger partial charge in [0.2, 0.25) is 0 Å². The maximum atomic E-state index is 13.0. The lowest BCUT2D eigenvalue weighted by Gasteiger charge is -2.22. The number of aryl methyl sites for hydroxylation is 1. The van der Waals surface area contributed by atoms with E-state index in [1.807, 2.05) is 36.6 Å². The molecular weight excluding hydrogens is 518 g/mol. The fourth-order valence-corrected chi connectivity index (χ4v) is 3.21. The molecule has 3 rings (SSSR count). The van der Waals surface area contributed by atoms with Crippen molar-refractivity contribution in [3.63, 3.8) is 0 Å². The van der Waals surface area contributed by atoms with Crippen molar-refractivity contribution in [3.05, 3.63) is 64.1 Å². The first-order chi connectivity index (χ1) is 14.0. The SMILES string of the molecule is Cc1nnc(CN=C(NCc2cccs2)N(C)CCOc2ccc(F)cc2)n1C.I. The lowest BCUT2D eigenvalue weighted by molar-refractivity contribution is 0.281. The van der Waals surface area contributed by atoms with Gasteiger partial charge in [0.15, 0.2) is 11.8 Å². The molecular formula is C20H26FIN6OS. The number of guanidine groups is 1. The molecule has 0 amide bonds. The number of nitrogens with zero attached hydrogens (tertiary/aromatic N) is 5. The summed E-state index contributed by atoms with van der Waals surface area (Å²) in [6, 6.07) is 10.1. The van der Waals surface area contributed by atoms with Crippen molar-refractivity contribution in [1.82, 2.24) is 25.0 Å². The van der Waals surface area contributed by atoms with E-state index >= 15 is 0 Å². The lowest BCUT2D eigenvalue weighted by atomic mass is 10.3. The third-order valence-electron chi connectivity index (χ3n) is 4.42. The number of benzene rings is 1. The molecule has 7 nitrogen and oxygen atoms in total. The highest BCUT2D eigenvalue weighted by atomic mass is 127. The average molecular weight is 544 g/mol. The molecule has 0 aliphatic heterocycles. The van der Waals surface area contributed by atoms with Gasteiger partial charge < -0.3 is 19.5 Å². The zero-order chi connectivity index (χ0) is 20.6. The van der Waals surface area contributed by atoms with Gasteiger partial charge >= 0.3 is 0 Å². The summed E-state index contributed by atoms with van der Waals surface area (Å²) < 4.78 is 20.6. The first-order valence-corrected chi connectivity index (χ1v) is 10.2. The second-order valence-corrected chi connectivity index (χ2v) is 7.55. The van der Waals surface area contributed by atoms with Crippen LogP contribution in [-0.2, 0) is 20.1 Å². The van der Waals surface area contributed by atoms with E-state index in [-0.39, 0.29) is 29.8 Å². The number of halogens is 2. The summed E-state index contributed by atoms with van der Waals surface area (Å²) in [5.74, 6) is 2.76. The van der Waals surface area contributed by atoms with Crippen LogP contribution in [0.15, 0.2) is 46.8 Å². The number of ether oxygens (including phenoxy) is 1. The lowest BCUT2D eigenvalue weighted by Crippen LogP contribution is -2.40. The minimum atomic E-state index is -0.277. The zero-order valence-corrected chi connectivity index (χ0v) is 20.4. The first-order valence-electron chi connectivity index (χ1n) is 9.28. The Morgan fingerprint density at radius 1 is 1.27 bits per heavy atom. The molecule has 10 heteroatoms. The summed E-state index contributed by atoms with van der Waals surface area (Å²) in [5, 5.41) is 13.7. The fourth-order valence-electron chi connectivity index (χ4n) is 2.56. The highest BCUT2D eigenvalue weighted by Crippen LogP contribution is 2.11. The van der Waals surface area contributed by atoms with Gasteiger partial charge in [-0.15, -0.1) is 45.5 Å². The van der Waals surface area contributed by atoms with Crippen LogP contribution >= 0.6 is 35.3 Å². The fraction of sp³-hybridized carbons (Fsp3) is 0.350. The molecule has 0 aliphatic rings. The third kappa shape index (κ3) is 6.94. The number of thiophene rings is 1. The van der Waals surface area contributed by atoms with Crippen LogP contribution in [0.25, 0.3) is 0 Å². The summed E-state index contributed by atoms with van der Waals surface area (Å²) in [5.41, 5.74) is 0. The van der Waals surface area contributed by atoms with Crippen molar-refractivity contribution in [2.45, 2.75) is 20.0 Å². The second-order valence-electron chi connectivity index (χ2n) is 6.52. The average Bonchev–Trinajstić information content (AvgIpc) is 3.34. The Labute approximate surface area is 197 Å². The molecule has 162 valence electrons. The molecule has 0 spiro atoms. The number of likely N-dealkylation sites (N-methyl/N-ethyl adjacent to an activating group) is 1. The van der Waals surface area contributed by atoms with E-state index in [9.17, 15) is 4.39 Å². The Morgan fingerprint density at radius 3 is 2.67 bits per heavy atom. The third-order valence-corrected chi connectivity index (χ3v) is 5.30. The van der Waals surface area contributed by atoms with E-state index in [0.717, 1.165) is 17.6 Å². The molecule has 2 heterocycles. The van der Waals surface area contributed by atoms with Crippen LogP contribution in [0.5, 0.6) is 5.75 Å². The van der Waals surface area contributed by atoms with Crippen molar-refractivity contribution >= 4 is 41.3 Å². The molecule has 0 radical (unpaired) electrons. The maximum Gasteiger partial charge on any atom is 0.194 e. The van der Waals surface area contributed by atoms with Crippen LogP contribution < -0.4 is 10.1 Å². The number of rotatable bonds is 8. The summed E-state index contributed by atoms with van der Waals surface area (Å²) in [6.07, 6.45) is 0. The zero-order valence-electron chi connectivity index (χ0n) is 17.2. The van der Waals surface area contributed by atoms with Gasteiger partial charge in [-0.25, -0.2) is 9.38 Å². The van der Waals surface area contributed by atoms with Crippen molar-refractivity contribution in [2.24, 2.45) is 12.0 Å². The van der Waals surface area contributed by atoms with E-state index in [1.54, 1.807) is 23.5 Å². The largest absolute Gasteiger partial charge is 0.492 e. The molecule has 0 atom stereocenters. The Balaban J connectivity index is 0.00000320. The van der Waals surface area contributed by atoms with Gasteiger partial charge in [0.05, 0.1) is 13.1 Å². The molecule has 3 aromatic rings. The Bertz CT molecular complexity index is 929. The van der Waals surface area contributed by atoms with Crippen molar-refractivity contribution < 1.29 is 9.13 Å². The number of hydrogen-bond acceptors (Lipinski definition) is 5. The van der Waals surface area contributed by atoms with Gasteiger partial charge in [-0.05, 0) is 42.6 Å². The molecule has 2 aromatic heterocycles. The highest BCUT2D eigenvalue weighted by molar-refractivity contribution is 14.0. The maximum absolute atomic E-state index is 13.0. The minimum absolute atomic E-state index is 0. The Morgan fingerprint density at radius 2 is 2.03 bits per heavy atom. The quantitative estimate of drug-likeness (QED) is 0.267. The molecule has 0 unspecified atom stereocenters. The van der Waals surface area contributed by atoms with Gasteiger partial charge in [-0.2, -0.15) is 0 Å². The minimum Gasteiger partial charge on any atom is -0.492 e. The monoisotopic (exact) mass is 544 g/mol. The molecule has 30 heavy (non-hydrogen) atoms. The standard InChI is InChI=1S/C20H25FN6OS.HI/c1-15-24-25-19(27(15)3)14-23-20(22-13-18-5-4-12-29-18)26(2)10-11-28-17-8-6-16(21)7-9-17;/h4-9,12H,10-11,13-14H2,1-3H3,(H,22,23);1H. The van der Waals surface area contributed by atoms with Crippen LogP contribution in [0.1, 0.15) is 16.5 Å². The summed E-state index contributed by atoms with van der Waals surface area (Å²) in [4.78, 5) is 7.94. The smallest absolute Gasteiger partial charge is 0.194 e. The Hall–Kier alpha value is -2.21. The van der Waals surface area contributed by atoms with E-state index < -0.39 is 0 Å². The topological polar surface area (TPSA) is 67.6 Å². The number of aliphatic imine (C=N–C) groups is 1. The van der Waals surface area contributed by atoms with Crippen molar-refractivity contribution in [3.8, 4) is 5.75 Å². The van der Waals surface area contributed by atoms with Crippen LogP contribution in [0.3, 0.4) is 0 Å². The summed E-state index contributed by atoms with van der Waals surface area (Å²) >= 11 is 1.70. The molecule has 0 bridgehead atoms. The van der Waals surface area contributed by atoms with E-state index in [4.69, 9.17) is 9.73 Å². The van der Waals surface area contributed by atoms with Crippen LogP contribution in [0.4, 0.5) is 4.39 Å². The number of hydrogen-bond donors (Lipinski definition) is 1. The van der Waals surface area contributed by atoms with Crippen LogP contribution in [-0.4, -0.2) is 45.8 Å². The van der Waals surface area contributed by atoms with Gasteiger partial charge in [-0.3, -0.25) is 0 Å². The van der Waals surface area contributed by atoms with Gasteiger partial charge in [0.25, 0.3) is 0 Å². The van der Waals surface area contributed by atoms with E-state index in [1.165, 1.54) is 17.0 Å². The molecule has 1 N–H and O–H groups in total. The van der Waals surface area contributed by atoms with Crippen molar-refractivity contribution in [2.75, 3.05) is 20.2 Å². The van der Waals surface area contributed by atoms with Crippen LogP contribution in [0, 0.1) is 12.7 Å². The highest BCUT2D eigenvalue weighted by Gasteiger charge is 2.10. The van der Waals surface area contributed by atoms with E-state index in [0.29, 0.717) is 32.0 Å². The predicted octanol–water partition coefficient (Wildman–Crippen LogP) is 3.60. The first kappa shape index (κ1) is 24.1. The van der Waals surface area contributed by atoms with Gasteiger partial charge in [-0.1, -0.05) is 6.07 Å². The Kier molecular flexibility index (Phi) is 9.50. The molecule has 0 saturated heterocycles. The number of nitrogens with one attached hydrogen (secondary N) is 1. The normalized spacial score (nSPS) is 11.1. The van der Waals surface area contributed by atoms with Crippen molar-refractivity contribution in [1.29, 1.82) is 0 Å².